The highest BCUT2D eigenvalue weighted by atomic mass is 16.7. The third-order valence-corrected chi connectivity index (χ3v) is 5.51. The number of nitrogens with one attached hydrogen (secondary N) is 3. The van der Waals surface area contributed by atoms with Gasteiger partial charge in [-0.25, -0.2) is 4.79 Å². The maximum absolute atomic E-state index is 13.0. The lowest BCUT2D eigenvalue weighted by atomic mass is 10.1. The van der Waals surface area contributed by atoms with Crippen LogP contribution >= 0.6 is 0 Å². The molecule has 2 aliphatic rings. The fourth-order valence-corrected chi connectivity index (χ4v) is 3.85. The molecule has 0 radical (unpaired) electrons. The van der Waals surface area contributed by atoms with Gasteiger partial charge in [-0.3, -0.25) is 38.4 Å². The number of imide groups is 1. The van der Waals surface area contributed by atoms with Gasteiger partial charge in [0.05, 0.1) is 12.8 Å². The van der Waals surface area contributed by atoms with Gasteiger partial charge in [-0.1, -0.05) is 0 Å². The van der Waals surface area contributed by atoms with Crippen LogP contribution in [0, 0.1) is 0 Å². The van der Waals surface area contributed by atoms with Crippen LogP contribution < -0.4 is 16.0 Å². The van der Waals surface area contributed by atoms with Crippen LogP contribution in [0.25, 0.3) is 0 Å². The number of hydroxylamine groups is 2. The molecule has 38 heavy (non-hydrogen) atoms. The Morgan fingerprint density at radius 3 is 2.13 bits per heavy atom. The molecule has 3 atom stereocenters. The molecule has 2 heterocycles. The Morgan fingerprint density at radius 1 is 0.947 bits per heavy atom. The number of carbonyl (C=O) groups excluding carboxylic acids is 7. The Morgan fingerprint density at radius 2 is 1.58 bits per heavy atom. The molecule has 5 N–H and O–H groups in total. The zero-order valence-electron chi connectivity index (χ0n) is 20.3. The van der Waals surface area contributed by atoms with Gasteiger partial charge in [0.15, 0.2) is 0 Å². The molecular weight excluding hydrogens is 514 g/mol. The van der Waals surface area contributed by atoms with Gasteiger partial charge < -0.3 is 35.9 Å². The van der Waals surface area contributed by atoms with Gasteiger partial charge in [-0.15, -0.1) is 5.06 Å². The molecule has 6 amide bonds. The van der Waals surface area contributed by atoms with Gasteiger partial charge in [-0.2, -0.15) is 0 Å². The lowest BCUT2D eigenvalue weighted by Crippen LogP contribution is -2.57. The normalized spacial score (nSPS) is 18.4. The molecule has 0 aromatic rings. The number of carboxylic acid groups (broad SMARTS) is 2. The molecule has 3 unspecified atom stereocenters. The molecule has 2 fully saturated rings. The average molecular weight is 541 g/mol. The smallest absolute Gasteiger partial charge is 0.335 e. The second-order valence-corrected chi connectivity index (χ2v) is 8.46. The van der Waals surface area contributed by atoms with Crippen LogP contribution in [-0.4, -0.2) is 105 Å². The average Bonchev–Trinajstić information content (AvgIpc) is 3.43. The lowest BCUT2D eigenvalue weighted by molar-refractivity contribution is -0.197. The predicted octanol–water partition coefficient (Wildman–Crippen LogP) is -3.36. The van der Waals surface area contributed by atoms with E-state index in [0.717, 1.165) is 11.8 Å². The first-order valence-electron chi connectivity index (χ1n) is 11.5. The summed E-state index contributed by atoms with van der Waals surface area (Å²) in [6.07, 6.45) is -1.59. The molecule has 0 spiro atoms. The van der Waals surface area contributed by atoms with E-state index >= 15 is 0 Å². The monoisotopic (exact) mass is 541 g/mol. The van der Waals surface area contributed by atoms with Crippen molar-refractivity contribution in [3.63, 3.8) is 0 Å². The van der Waals surface area contributed by atoms with Crippen molar-refractivity contribution in [2.45, 2.75) is 63.6 Å². The highest BCUT2D eigenvalue weighted by molar-refractivity contribution is 6.02. The maximum atomic E-state index is 13.0. The Balaban J connectivity index is 2.16. The largest absolute Gasteiger partial charge is 0.481 e. The van der Waals surface area contributed by atoms with Gasteiger partial charge in [0.1, 0.15) is 24.7 Å². The summed E-state index contributed by atoms with van der Waals surface area (Å²) in [5.74, 6) is -9.17. The topological polar surface area (TPSA) is 246 Å². The predicted molar refractivity (Wildman–Crippen MR) is 119 cm³/mol. The van der Waals surface area contributed by atoms with Crippen LogP contribution in [0.1, 0.15) is 45.4 Å². The zero-order valence-corrected chi connectivity index (χ0v) is 20.3. The van der Waals surface area contributed by atoms with Crippen molar-refractivity contribution in [1.29, 1.82) is 0 Å². The number of likely N-dealkylation sites (tertiary alicyclic amines) is 1. The highest BCUT2D eigenvalue weighted by Crippen LogP contribution is 2.20. The van der Waals surface area contributed by atoms with E-state index in [0.29, 0.717) is 6.42 Å². The van der Waals surface area contributed by atoms with E-state index < -0.39 is 90.9 Å². The lowest BCUT2D eigenvalue weighted by Gasteiger charge is -2.29. The van der Waals surface area contributed by atoms with E-state index in [2.05, 4.69) is 10.6 Å². The van der Waals surface area contributed by atoms with Crippen LogP contribution in [0.15, 0.2) is 0 Å². The first-order valence-corrected chi connectivity index (χ1v) is 11.5. The van der Waals surface area contributed by atoms with Crippen molar-refractivity contribution >= 4 is 53.4 Å². The maximum Gasteiger partial charge on any atom is 0.335 e. The summed E-state index contributed by atoms with van der Waals surface area (Å²) in [5, 5.41) is 24.6. The van der Waals surface area contributed by atoms with E-state index in [1.165, 1.54) is 0 Å². The van der Waals surface area contributed by atoms with E-state index in [-0.39, 0.29) is 30.9 Å². The summed E-state index contributed by atoms with van der Waals surface area (Å²) in [6.45, 7) is 0.258. The molecule has 0 saturated carbocycles. The zero-order chi connectivity index (χ0) is 28.6. The van der Waals surface area contributed by atoms with Crippen LogP contribution in [0.4, 0.5) is 0 Å². The summed E-state index contributed by atoms with van der Waals surface area (Å²) in [6, 6.07) is -4.39. The number of amides is 6. The molecule has 0 bridgehead atoms. The summed E-state index contributed by atoms with van der Waals surface area (Å²) in [7, 11) is 0. The quantitative estimate of drug-likeness (QED) is 0.152. The van der Waals surface area contributed by atoms with Crippen LogP contribution in [0.2, 0.25) is 0 Å². The number of hydrogen-bond acceptors (Lipinski definition) is 10. The first-order chi connectivity index (χ1) is 17.8. The van der Waals surface area contributed by atoms with Crippen molar-refractivity contribution in [2.24, 2.45) is 0 Å². The first kappa shape index (κ1) is 29.7. The molecule has 2 saturated heterocycles. The minimum Gasteiger partial charge on any atom is -0.481 e. The Labute approximate surface area is 214 Å². The van der Waals surface area contributed by atoms with Crippen LogP contribution in [0.5, 0.6) is 0 Å². The van der Waals surface area contributed by atoms with E-state index in [9.17, 15) is 43.2 Å². The summed E-state index contributed by atoms with van der Waals surface area (Å²) >= 11 is 0. The highest BCUT2D eigenvalue weighted by Gasteiger charge is 2.40. The number of carbonyl (C=O) groups is 9. The van der Waals surface area contributed by atoms with Crippen molar-refractivity contribution in [3.05, 3.63) is 0 Å². The minimum absolute atomic E-state index is 0.0315. The summed E-state index contributed by atoms with van der Waals surface area (Å²) in [4.78, 5) is 113. The SMILES string of the molecule is CC(=O)NC(CC(=O)O)C(=O)N1CCCC1C(=O)NC(CC(=O)ON1C(=O)CCC1=O)C(=O)NCC(=O)O. The van der Waals surface area contributed by atoms with Crippen molar-refractivity contribution in [2.75, 3.05) is 13.1 Å². The second-order valence-electron chi connectivity index (χ2n) is 8.46. The van der Waals surface area contributed by atoms with Gasteiger partial charge in [0.2, 0.25) is 23.6 Å². The van der Waals surface area contributed by atoms with Crippen LogP contribution in [0.3, 0.4) is 0 Å². The Hall–Kier alpha value is -4.57. The molecule has 17 heteroatoms. The van der Waals surface area contributed by atoms with Gasteiger partial charge in [-0.05, 0) is 12.8 Å². The number of nitrogens with zero attached hydrogens (tertiary/aromatic N) is 2. The van der Waals surface area contributed by atoms with E-state index in [1.807, 2.05) is 5.32 Å². The number of carboxylic acids is 2. The number of rotatable bonds is 12. The molecule has 2 aliphatic heterocycles. The minimum atomic E-state index is -1.72. The standard InChI is InChI=1S/C21H27N5O12/c1-10(27)23-12(7-16(30)31)21(37)25-6-2-3-13(25)20(36)24-11(19(35)22-9-17(32)33)8-18(34)38-26-14(28)4-5-15(26)29/h11-13H,2-9H2,1H3,(H,22,35)(H,23,27)(H,24,36)(H,30,31)(H,32,33). The number of aliphatic carboxylic acids is 2. The Kier molecular flexibility index (Phi) is 10.2. The van der Waals surface area contributed by atoms with Crippen LogP contribution in [-0.2, 0) is 48.0 Å². The number of hydrogen-bond donors (Lipinski definition) is 5. The van der Waals surface area contributed by atoms with Crippen molar-refractivity contribution < 1.29 is 58.2 Å². The van der Waals surface area contributed by atoms with Gasteiger partial charge in [0, 0.05) is 26.3 Å². The molecule has 0 aromatic carbocycles. The molecule has 17 nitrogen and oxygen atoms in total. The van der Waals surface area contributed by atoms with Gasteiger partial charge >= 0.3 is 17.9 Å². The van der Waals surface area contributed by atoms with Crippen molar-refractivity contribution in [3.8, 4) is 0 Å². The third-order valence-electron chi connectivity index (χ3n) is 5.51. The fraction of sp³-hybridized carbons (Fsp3) is 0.571. The summed E-state index contributed by atoms with van der Waals surface area (Å²) < 4.78 is 0. The van der Waals surface area contributed by atoms with Gasteiger partial charge in [0.25, 0.3) is 11.8 Å². The summed E-state index contributed by atoms with van der Waals surface area (Å²) in [5.41, 5.74) is 0. The molecule has 208 valence electrons. The Bertz CT molecular complexity index is 1010. The molecular formula is C21H27N5O12. The fourth-order valence-electron chi connectivity index (χ4n) is 3.85. The van der Waals surface area contributed by atoms with Crippen molar-refractivity contribution in [1.82, 2.24) is 25.9 Å². The third kappa shape index (κ3) is 8.24. The van der Waals surface area contributed by atoms with E-state index in [1.54, 1.807) is 0 Å². The van der Waals surface area contributed by atoms with E-state index in [4.69, 9.17) is 15.1 Å². The second kappa shape index (κ2) is 13.1. The molecule has 0 aliphatic carbocycles. The molecule has 2 rings (SSSR count). The molecule has 0 aromatic heterocycles.